The molecule has 0 fully saturated rings. The molecule has 11 heavy (non-hydrogen) atoms. The molecule has 0 rings (SSSR count). The predicted octanol–water partition coefficient (Wildman–Crippen LogP) is -1.05. The Balaban J connectivity index is 4.27. The quantitative estimate of drug-likeness (QED) is 0.516. The first-order chi connectivity index (χ1) is 5.00. The van der Waals surface area contributed by atoms with Gasteiger partial charge in [0.05, 0.1) is 0 Å². The molecule has 0 aliphatic rings. The second kappa shape index (κ2) is 3.62. The minimum Gasteiger partial charge on any atom is -0.368 e. The number of nitrogens with two attached hydrogens (primary N) is 1. The number of likely N-dealkylation sites (N-methyl/N-ethyl adjacent to an activating group) is 1. The van der Waals surface area contributed by atoms with Crippen LogP contribution in [0, 0.1) is 12.3 Å². The molecule has 60 valence electrons. The van der Waals surface area contributed by atoms with E-state index in [-0.39, 0.29) is 0 Å². The van der Waals surface area contributed by atoms with Gasteiger partial charge < -0.3 is 10.6 Å². The third-order valence-electron chi connectivity index (χ3n) is 1.44. The van der Waals surface area contributed by atoms with E-state index < -0.39 is 17.9 Å². The maximum atomic E-state index is 10.7. The van der Waals surface area contributed by atoms with Crippen LogP contribution >= 0.6 is 0 Å². The lowest BCUT2D eigenvalue weighted by Gasteiger charge is -2.18. The first kappa shape index (κ1) is 9.50. The van der Waals surface area contributed by atoms with Crippen molar-refractivity contribution in [3.8, 4) is 12.3 Å². The van der Waals surface area contributed by atoms with Gasteiger partial charge in [-0.25, -0.2) is 0 Å². The smallest absolute Gasteiger partial charge is 0.298 e. The number of primary amides is 1. The Morgan fingerprint density at radius 2 is 2.09 bits per heavy atom. The molecule has 2 amide bonds. The minimum atomic E-state index is -0.654. The molecule has 0 aromatic heterocycles. The van der Waals surface area contributed by atoms with Crippen molar-refractivity contribution >= 4 is 11.8 Å². The van der Waals surface area contributed by atoms with Gasteiger partial charge in [-0.3, -0.25) is 9.59 Å². The first-order valence-electron chi connectivity index (χ1n) is 3.03. The van der Waals surface area contributed by atoms with E-state index in [0.717, 1.165) is 4.90 Å². The summed E-state index contributed by atoms with van der Waals surface area (Å²) in [6.07, 6.45) is 4.82. The van der Waals surface area contributed by atoms with E-state index in [2.05, 4.69) is 0 Å². The number of rotatable bonds is 2. The molecule has 0 aliphatic carbocycles. The summed E-state index contributed by atoms with van der Waals surface area (Å²) in [5.41, 5.74) is 4.93. The van der Waals surface area contributed by atoms with Crippen LogP contribution in [0.1, 0.15) is 6.92 Å². The number of carbonyl (C=O) groups excluding carboxylic acids is 2. The summed E-state index contributed by atoms with van der Waals surface area (Å²) in [5.74, 6) is 0.762. The Labute approximate surface area is 65.4 Å². The molecule has 0 aliphatic heterocycles. The largest absolute Gasteiger partial charge is 0.368 e. The van der Waals surface area contributed by atoms with Crippen molar-refractivity contribution in [2.24, 2.45) is 5.73 Å². The summed E-state index contributed by atoms with van der Waals surface area (Å²) >= 11 is 0. The van der Waals surface area contributed by atoms with Crippen molar-refractivity contribution in [1.82, 2.24) is 4.90 Å². The summed E-state index contributed by atoms with van der Waals surface area (Å²) in [5, 5.41) is 0. The van der Waals surface area contributed by atoms with Crippen LogP contribution < -0.4 is 5.73 Å². The zero-order valence-corrected chi connectivity index (χ0v) is 6.50. The lowest BCUT2D eigenvalue weighted by molar-refractivity contribution is -0.132. The van der Waals surface area contributed by atoms with Crippen LogP contribution in [-0.2, 0) is 9.59 Å². The van der Waals surface area contributed by atoms with Crippen LogP contribution in [0.5, 0.6) is 0 Å². The van der Waals surface area contributed by atoms with E-state index in [9.17, 15) is 9.59 Å². The molecule has 0 saturated carbocycles. The number of carbonyl (C=O) groups is 2. The molecule has 2 N–H and O–H groups in total. The topological polar surface area (TPSA) is 63.4 Å². The Morgan fingerprint density at radius 1 is 1.64 bits per heavy atom. The first-order valence-corrected chi connectivity index (χ1v) is 3.03. The summed E-state index contributed by atoms with van der Waals surface area (Å²) < 4.78 is 0. The molecule has 4 nitrogen and oxygen atoms in total. The molecule has 0 aromatic rings. The van der Waals surface area contributed by atoms with Gasteiger partial charge in [0.1, 0.15) is 6.04 Å². The maximum absolute atomic E-state index is 10.7. The average Bonchev–Trinajstić information content (AvgIpc) is 2.00. The molecule has 0 bridgehead atoms. The Morgan fingerprint density at radius 3 is 2.36 bits per heavy atom. The van der Waals surface area contributed by atoms with Gasteiger partial charge in [-0.1, -0.05) is 0 Å². The van der Waals surface area contributed by atoms with Gasteiger partial charge in [0.15, 0.2) is 0 Å². The summed E-state index contributed by atoms with van der Waals surface area (Å²) in [4.78, 5) is 22.4. The van der Waals surface area contributed by atoms with Crippen LogP contribution in [0.15, 0.2) is 0 Å². The summed E-state index contributed by atoms with van der Waals surface area (Å²) in [6.45, 7) is 1.51. The molecular weight excluding hydrogens is 144 g/mol. The van der Waals surface area contributed by atoms with Crippen molar-refractivity contribution in [3.05, 3.63) is 0 Å². The van der Waals surface area contributed by atoms with Crippen LogP contribution in [0.2, 0.25) is 0 Å². The van der Waals surface area contributed by atoms with Crippen LogP contribution in [-0.4, -0.2) is 29.8 Å². The van der Waals surface area contributed by atoms with Crippen molar-refractivity contribution < 1.29 is 9.59 Å². The second-order valence-electron chi connectivity index (χ2n) is 2.14. The van der Waals surface area contributed by atoms with E-state index in [4.69, 9.17) is 12.2 Å². The molecule has 1 atom stereocenters. The van der Waals surface area contributed by atoms with E-state index >= 15 is 0 Å². The number of terminal acetylenes is 1. The van der Waals surface area contributed by atoms with Crippen LogP contribution in [0.4, 0.5) is 0 Å². The normalized spacial score (nSPS) is 11.4. The van der Waals surface area contributed by atoms with Gasteiger partial charge in [-0.15, -0.1) is 6.42 Å². The van der Waals surface area contributed by atoms with Crippen LogP contribution in [0.25, 0.3) is 0 Å². The van der Waals surface area contributed by atoms with E-state index in [0.29, 0.717) is 0 Å². The number of amides is 2. The van der Waals surface area contributed by atoms with Gasteiger partial charge in [0, 0.05) is 7.05 Å². The Bertz CT molecular complexity index is 217. The summed E-state index contributed by atoms with van der Waals surface area (Å²) in [7, 11) is 1.43. The predicted molar refractivity (Wildman–Crippen MR) is 40.3 cm³/mol. The Hall–Kier alpha value is -1.50. The molecule has 0 radical (unpaired) electrons. The molecule has 0 aromatic carbocycles. The molecule has 0 saturated heterocycles. The fourth-order valence-corrected chi connectivity index (χ4v) is 0.469. The molecular formula is C7H10N2O2. The highest BCUT2D eigenvalue weighted by Gasteiger charge is 2.17. The fraction of sp³-hybridized carbons (Fsp3) is 0.429. The lowest BCUT2D eigenvalue weighted by Crippen LogP contribution is -2.43. The molecule has 0 unspecified atom stereocenters. The van der Waals surface area contributed by atoms with Gasteiger partial charge in [-0.05, 0) is 12.8 Å². The Kier molecular flexibility index (Phi) is 3.12. The maximum Gasteiger partial charge on any atom is 0.298 e. The fourth-order valence-electron chi connectivity index (χ4n) is 0.469. The lowest BCUT2D eigenvalue weighted by atomic mass is 10.3. The van der Waals surface area contributed by atoms with E-state index in [1.807, 2.05) is 5.92 Å². The minimum absolute atomic E-state index is 0.545. The molecule has 0 spiro atoms. The standard InChI is InChI=1S/C7H10N2O2/c1-4-6(10)9(3)5(2)7(8)11/h1,5H,2-3H3,(H2,8,11)/t5-/m1/s1. The summed E-state index contributed by atoms with van der Waals surface area (Å²) in [6, 6.07) is -0.654. The van der Waals surface area contributed by atoms with Crippen molar-refractivity contribution in [3.63, 3.8) is 0 Å². The third kappa shape index (κ3) is 2.30. The number of hydrogen-bond donors (Lipinski definition) is 1. The highest BCUT2D eigenvalue weighted by molar-refractivity contribution is 5.95. The van der Waals surface area contributed by atoms with Gasteiger partial charge in [-0.2, -0.15) is 0 Å². The van der Waals surface area contributed by atoms with E-state index in [1.165, 1.54) is 14.0 Å². The highest BCUT2D eigenvalue weighted by atomic mass is 16.2. The number of nitrogens with zero attached hydrogens (tertiary/aromatic N) is 1. The van der Waals surface area contributed by atoms with Crippen molar-refractivity contribution in [2.75, 3.05) is 7.05 Å². The third-order valence-corrected chi connectivity index (χ3v) is 1.44. The monoisotopic (exact) mass is 154 g/mol. The van der Waals surface area contributed by atoms with Gasteiger partial charge in [0.2, 0.25) is 5.91 Å². The van der Waals surface area contributed by atoms with Crippen molar-refractivity contribution in [1.29, 1.82) is 0 Å². The average molecular weight is 154 g/mol. The van der Waals surface area contributed by atoms with Gasteiger partial charge in [0.25, 0.3) is 5.91 Å². The van der Waals surface area contributed by atoms with Crippen LogP contribution in [0.3, 0.4) is 0 Å². The molecule has 0 heterocycles. The van der Waals surface area contributed by atoms with E-state index in [1.54, 1.807) is 0 Å². The molecule has 4 heteroatoms. The zero-order chi connectivity index (χ0) is 9.02. The SMILES string of the molecule is C#CC(=O)N(C)[C@H](C)C(N)=O. The highest BCUT2D eigenvalue weighted by Crippen LogP contribution is 1.93. The van der Waals surface area contributed by atoms with Gasteiger partial charge >= 0.3 is 0 Å². The second-order valence-corrected chi connectivity index (χ2v) is 2.14. The van der Waals surface area contributed by atoms with Crippen molar-refractivity contribution in [2.45, 2.75) is 13.0 Å². The number of hydrogen-bond acceptors (Lipinski definition) is 2. The zero-order valence-electron chi connectivity index (χ0n) is 6.50.